The summed E-state index contributed by atoms with van der Waals surface area (Å²) < 4.78 is 0. The van der Waals surface area contributed by atoms with Crippen LogP contribution in [0, 0.1) is 6.08 Å². The molecule has 1 aliphatic carbocycles. The maximum Gasteiger partial charge on any atom is -0.0276 e. The number of allylic oxidation sites excluding steroid dienone is 4. The predicted molar refractivity (Wildman–Crippen MR) is 114 cm³/mol. The van der Waals surface area contributed by atoms with Gasteiger partial charge in [0, 0.05) is 0 Å². The second-order valence-electron chi connectivity index (χ2n) is 8.06. The van der Waals surface area contributed by atoms with Crippen LogP contribution in [0.4, 0.5) is 0 Å². The normalized spacial score (nSPS) is 25.3. The zero-order valence-electron chi connectivity index (χ0n) is 17.1. The highest BCUT2D eigenvalue weighted by molar-refractivity contribution is 4.98. The molecule has 0 unspecified atom stereocenters. The van der Waals surface area contributed by atoms with Crippen molar-refractivity contribution in [2.24, 2.45) is 0 Å². The Morgan fingerprint density at radius 1 is 0.400 bits per heavy atom. The van der Waals surface area contributed by atoms with Gasteiger partial charge in [-0.15, -0.1) is 0 Å². The van der Waals surface area contributed by atoms with Crippen molar-refractivity contribution >= 4 is 0 Å². The van der Waals surface area contributed by atoms with Gasteiger partial charge < -0.3 is 0 Å². The van der Waals surface area contributed by atoms with E-state index < -0.39 is 0 Å². The van der Waals surface area contributed by atoms with E-state index >= 15 is 0 Å². The molecule has 0 saturated carbocycles. The highest BCUT2D eigenvalue weighted by atomic mass is 14.0. The molecule has 0 aromatic rings. The van der Waals surface area contributed by atoms with Crippen LogP contribution in [-0.2, 0) is 0 Å². The van der Waals surface area contributed by atoms with E-state index in [0.29, 0.717) is 0 Å². The van der Waals surface area contributed by atoms with Crippen LogP contribution in [0.5, 0.6) is 0 Å². The summed E-state index contributed by atoms with van der Waals surface area (Å²) in [5, 5.41) is 0. The second-order valence-corrected chi connectivity index (χ2v) is 8.06. The SMILES string of the molecule is [C]1=C\C=C/CCCCCCCCCCCCCCCCCCCCC/1. The molecule has 1 rings (SSSR count). The van der Waals surface area contributed by atoms with E-state index in [0.717, 1.165) is 6.42 Å². The molecule has 0 amide bonds. The van der Waals surface area contributed by atoms with Gasteiger partial charge in [-0.25, -0.2) is 0 Å². The Morgan fingerprint density at radius 3 is 1.20 bits per heavy atom. The van der Waals surface area contributed by atoms with Gasteiger partial charge in [0.1, 0.15) is 0 Å². The maximum atomic E-state index is 3.43. The van der Waals surface area contributed by atoms with Crippen LogP contribution in [0.1, 0.15) is 135 Å². The molecule has 1 radical (unpaired) electrons. The Balaban J connectivity index is 2.09. The lowest BCUT2D eigenvalue weighted by Gasteiger charge is -2.04. The van der Waals surface area contributed by atoms with Crippen LogP contribution < -0.4 is 0 Å². The van der Waals surface area contributed by atoms with Gasteiger partial charge in [0.05, 0.1) is 0 Å². The summed E-state index contributed by atoms with van der Waals surface area (Å²) >= 11 is 0. The van der Waals surface area contributed by atoms with E-state index in [4.69, 9.17) is 0 Å². The minimum Gasteiger partial charge on any atom is -0.0845 e. The first-order valence-electron chi connectivity index (χ1n) is 11.7. The van der Waals surface area contributed by atoms with Gasteiger partial charge in [0.25, 0.3) is 0 Å². The summed E-state index contributed by atoms with van der Waals surface area (Å²) in [6, 6.07) is 0. The van der Waals surface area contributed by atoms with Gasteiger partial charge in [-0.3, -0.25) is 0 Å². The molecule has 1 aliphatic rings. The van der Waals surface area contributed by atoms with Crippen molar-refractivity contribution < 1.29 is 0 Å². The fourth-order valence-electron chi connectivity index (χ4n) is 3.81. The topological polar surface area (TPSA) is 0 Å². The quantitative estimate of drug-likeness (QED) is 0.410. The molecule has 0 aliphatic heterocycles. The zero-order valence-corrected chi connectivity index (χ0v) is 17.1. The summed E-state index contributed by atoms with van der Waals surface area (Å²) in [6.45, 7) is 0. The summed E-state index contributed by atoms with van der Waals surface area (Å²) in [5.41, 5.74) is 0. The molecule has 25 heavy (non-hydrogen) atoms. The third kappa shape index (κ3) is 18.1. The van der Waals surface area contributed by atoms with E-state index in [1.807, 2.05) is 0 Å². The third-order valence-electron chi connectivity index (χ3n) is 5.54. The molecule has 0 heteroatoms. The highest BCUT2D eigenvalue weighted by Gasteiger charge is 1.95. The molecule has 0 aromatic heterocycles. The van der Waals surface area contributed by atoms with Crippen molar-refractivity contribution in [1.82, 2.24) is 0 Å². The van der Waals surface area contributed by atoms with Crippen LogP contribution in [-0.4, -0.2) is 0 Å². The second kappa shape index (κ2) is 19.8. The first-order valence-corrected chi connectivity index (χ1v) is 11.7. The molecule has 0 N–H and O–H groups in total. The average Bonchev–Trinajstić information content (AvgIpc) is 2.62. The van der Waals surface area contributed by atoms with Gasteiger partial charge in [0.2, 0.25) is 0 Å². The Labute approximate surface area is 159 Å². The minimum atomic E-state index is 1.14. The highest BCUT2D eigenvalue weighted by Crippen LogP contribution is 2.15. The molecule has 0 fully saturated rings. The van der Waals surface area contributed by atoms with Crippen LogP contribution in [0.3, 0.4) is 0 Å². The van der Waals surface area contributed by atoms with Crippen molar-refractivity contribution in [3.63, 3.8) is 0 Å². The lowest BCUT2D eigenvalue weighted by Crippen LogP contribution is -1.84. The minimum absolute atomic E-state index is 1.14. The van der Waals surface area contributed by atoms with E-state index in [9.17, 15) is 0 Å². The first kappa shape index (κ1) is 22.5. The summed E-state index contributed by atoms with van der Waals surface area (Å²) in [6.07, 6.45) is 40.0. The van der Waals surface area contributed by atoms with Gasteiger partial charge in [0.15, 0.2) is 0 Å². The zero-order chi connectivity index (χ0) is 17.7. The molecular formula is C25H45. The summed E-state index contributed by atoms with van der Waals surface area (Å²) in [5.74, 6) is 0. The smallest absolute Gasteiger partial charge is 0.0276 e. The number of hydrogen-bond acceptors (Lipinski definition) is 0. The van der Waals surface area contributed by atoms with Gasteiger partial charge in [-0.2, -0.15) is 0 Å². The van der Waals surface area contributed by atoms with E-state index in [1.54, 1.807) is 0 Å². The van der Waals surface area contributed by atoms with Crippen LogP contribution in [0.25, 0.3) is 0 Å². The first-order chi connectivity index (χ1) is 12.5. The fraction of sp³-hybridized carbons (Fsp3) is 0.840. The monoisotopic (exact) mass is 345 g/mol. The summed E-state index contributed by atoms with van der Waals surface area (Å²) in [7, 11) is 0. The molecule has 0 nitrogen and oxygen atoms in total. The molecule has 0 saturated heterocycles. The lowest BCUT2D eigenvalue weighted by molar-refractivity contribution is 0.522. The molecule has 0 aromatic carbocycles. The third-order valence-corrected chi connectivity index (χ3v) is 5.54. The van der Waals surface area contributed by atoms with Crippen molar-refractivity contribution in [2.45, 2.75) is 135 Å². The lowest BCUT2D eigenvalue weighted by atomic mass is 10.0. The molecular weight excluding hydrogens is 300 g/mol. The van der Waals surface area contributed by atoms with Crippen molar-refractivity contribution in [3.05, 3.63) is 24.3 Å². The van der Waals surface area contributed by atoms with Crippen LogP contribution in [0.15, 0.2) is 18.2 Å². The van der Waals surface area contributed by atoms with Gasteiger partial charge >= 0.3 is 0 Å². The molecule has 0 heterocycles. The van der Waals surface area contributed by atoms with E-state index in [2.05, 4.69) is 24.3 Å². The predicted octanol–water partition coefficient (Wildman–Crippen LogP) is 9.11. The molecule has 0 bridgehead atoms. The average molecular weight is 346 g/mol. The summed E-state index contributed by atoms with van der Waals surface area (Å²) in [4.78, 5) is 0. The Morgan fingerprint density at radius 2 is 0.760 bits per heavy atom. The Kier molecular flexibility index (Phi) is 17.8. The number of rotatable bonds is 0. The van der Waals surface area contributed by atoms with Gasteiger partial charge in [-0.1, -0.05) is 127 Å². The van der Waals surface area contributed by atoms with Crippen molar-refractivity contribution in [2.75, 3.05) is 0 Å². The van der Waals surface area contributed by atoms with Gasteiger partial charge in [-0.05, 0) is 31.8 Å². The van der Waals surface area contributed by atoms with Crippen LogP contribution >= 0.6 is 0 Å². The fourth-order valence-corrected chi connectivity index (χ4v) is 3.81. The molecule has 145 valence electrons. The Bertz CT molecular complexity index is 269. The largest absolute Gasteiger partial charge is 0.0845 e. The van der Waals surface area contributed by atoms with Crippen molar-refractivity contribution in [1.29, 1.82) is 0 Å². The van der Waals surface area contributed by atoms with E-state index in [1.165, 1.54) is 128 Å². The van der Waals surface area contributed by atoms with Crippen molar-refractivity contribution in [3.8, 4) is 0 Å². The Hall–Kier alpha value is -0.520. The van der Waals surface area contributed by atoms with E-state index in [-0.39, 0.29) is 0 Å². The maximum absolute atomic E-state index is 3.43. The van der Waals surface area contributed by atoms with Crippen LogP contribution in [0.2, 0.25) is 0 Å². The number of hydrogen-bond donors (Lipinski definition) is 0. The molecule has 0 atom stereocenters. The standard InChI is InChI=1S/C25H45/c1-2-4-6-8-10-12-14-16-18-20-22-24-25-23-21-19-17-15-13-11-9-7-5-3-1/h1-3H,4,6-25H2/b2-1-,5-3?. The molecule has 0 spiro atoms.